The van der Waals surface area contributed by atoms with Crippen molar-refractivity contribution in [3.63, 3.8) is 0 Å². The van der Waals surface area contributed by atoms with Gasteiger partial charge in [-0.05, 0) is 37.9 Å². The van der Waals surface area contributed by atoms with E-state index in [0.717, 1.165) is 31.1 Å². The number of unbranched alkanes of at least 4 members (excludes halogenated alkanes) is 1. The van der Waals surface area contributed by atoms with Crippen molar-refractivity contribution in [3.05, 3.63) is 24.3 Å². The van der Waals surface area contributed by atoms with Crippen molar-refractivity contribution >= 4 is 35.1 Å². The number of carbonyl (C=O) groups excluding carboxylic acids is 3. The Morgan fingerprint density at radius 2 is 1.74 bits per heavy atom. The number of carboxylic acids is 1. The van der Waals surface area contributed by atoms with Gasteiger partial charge in [0.2, 0.25) is 17.7 Å². The van der Waals surface area contributed by atoms with Crippen molar-refractivity contribution in [3.8, 4) is 0 Å². The summed E-state index contributed by atoms with van der Waals surface area (Å²) in [6.45, 7) is 3.82. The number of anilines is 2. The van der Waals surface area contributed by atoms with Gasteiger partial charge in [-0.3, -0.25) is 24.1 Å². The zero-order chi connectivity index (χ0) is 23.1. The van der Waals surface area contributed by atoms with Crippen LogP contribution in [0, 0.1) is 0 Å². The van der Waals surface area contributed by atoms with Gasteiger partial charge in [0.05, 0.1) is 17.9 Å². The summed E-state index contributed by atoms with van der Waals surface area (Å²) in [4.78, 5) is 51.2. The van der Waals surface area contributed by atoms with Crippen LogP contribution < -0.4 is 21.3 Å². The minimum absolute atomic E-state index is 0.0234. The number of nitrogens with two attached hydrogens (primary N) is 2. The van der Waals surface area contributed by atoms with E-state index in [1.807, 2.05) is 24.3 Å². The molecule has 0 aromatic heterocycles. The maximum atomic E-state index is 13.2. The molecular weight excluding hydrogens is 402 g/mol. The van der Waals surface area contributed by atoms with Gasteiger partial charge < -0.3 is 26.4 Å². The van der Waals surface area contributed by atoms with Gasteiger partial charge in [0.15, 0.2) is 0 Å². The largest absolute Gasteiger partial charge is 0.481 e. The summed E-state index contributed by atoms with van der Waals surface area (Å²) in [6, 6.07) is 7.29. The highest BCUT2D eigenvalue weighted by Crippen LogP contribution is 2.43. The SMILES string of the molecule is CC(=O)N1c2ccccc2N2[C@@H]1CN(CCC(N)=O)C(=O)[C@@H]2CCCCN.CC(=O)O. The third-order valence-electron chi connectivity index (χ3n) is 5.25. The molecule has 0 radical (unpaired) electrons. The molecular formula is C21H31N5O5. The molecule has 2 aliphatic heterocycles. The van der Waals surface area contributed by atoms with Gasteiger partial charge in [-0.25, -0.2) is 0 Å². The molecule has 5 N–H and O–H groups in total. The van der Waals surface area contributed by atoms with E-state index < -0.39 is 11.9 Å². The highest BCUT2D eigenvalue weighted by Gasteiger charge is 2.48. The van der Waals surface area contributed by atoms with Crippen LogP contribution in [0.1, 0.15) is 39.5 Å². The molecule has 0 unspecified atom stereocenters. The second kappa shape index (κ2) is 10.8. The van der Waals surface area contributed by atoms with E-state index in [4.69, 9.17) is 21.4 Å². The highest BCUT2D eigenvalue weighted by atomic mass is 16.4. The summed E-state index contributed by atoms with van der Waals surface area (Å²) in [7, 11) is 0. The van der Waals surface area contributed by atoms with Crippen molar-refractivity contribution in [2.75, 3.05) is 29.4 Å². The first-order valence-electron chi connectivity index (χ1n) is 10.3. The number of rotatable bonds is 7. The van der Waals surface area contributed by atoms with Crippen molar-refractivity contribution in [1.29, 1.82) is 0 Å². The molecule has 3 amide bonds. The minimum Gasteiger partial charge on any atom is -0.481 e. The minimum atomic E-state index is -0.833. The Hall–Kier alpha value is -3.14. The van der Waals surface area contributed by atoms with Gasteiger partial charge in [0.1, 0.15) is 12.2 Å². The van der Waals surface area contributed by atoms with E-state index in [2.05, 4.69) is 4.90 Å². The van der Waals surface area contributed by atoms with Gasteiger partial charge >= 0.3 is 0 Å². The van der Waals surface area contributed by atoms with Crippen LogP contribution in [0.25, 0.3) is 0 Å². The summed E-state index contributed by atoms with van der Waals surface area (Å²) < 4.78 is 0. The smallest absolute Gasteiger partial charge is 0.300 e. The van der Waals surface area contributed by atoms with Gasteiger partial charge in [-0.1, -0.05) is 12.1 Å². The Morgan fingerprint density at radius 1 is 1.13 bits per heavy atom. The lowest BCUT2D eigenvalue weighted by molar-refractivity contribution is -0.136. The molecule has 2 aliphatic rings. The first-order valence-corrected chi connectivity index (χ1v) is 10.3. The second-order valence-corrected chi connectivity index (χ2v) is 7.59. The molecule has 170 valence electrons. The van der Waals surface area contributed by atoms with E-state index >= 15 is 0 Å². The Kier molecular flexibility index (Phi) is 8.38. The maximum absolute atomic E-state index is 13.2. The third kappa shape index (κ3) is 5.72. The van der Waals surface area contributed by atoms with Gasteiger partial charge in [0.25, 0.3) is 5.97 Å². The number of primary amides is 1. The van der Waals surface area contributed by atoms with Crippen LogP contribution in [0.5, 0.6) is 0 Å². The maximum Gasteiger partial charge on any atom is 0.300 e. The summed E-state index contributed by atoms with van der Waals surface area (Å²) in [6.07, 6.45) is 2.15. The number of carbonyl (C=O) groups is 4. The molecule has 0 aliphatic carbocycles. The van der Waals surface area contributed by atoms with Crippen LogP contribution in [-0.4, -0.2) is 65.5 Å². The van der Waals surface area contributed by atoms with Crippen molar-refractivity contribution in [1.82, 2.24) is 4.90 Å². The fraction of sp³-hybridized carbons (Fsp3) is 0.524. The zero-order valence-corrected chi connectivity index (χ0v) is 18.0. The lowest BCUT2D eigenvalue weighted by Gasteiger charge is -2.45. The van der Waals surface area contributed by atoms with Crippen molar-refractivity contribution in [2.45, 2.75) is 51.7 Å². The number of amides is 3. The summed E-state index contributed by atoms with van der Waals surface area (Å²) in [5.41, 5.74) is 12.6. The summed E-state index contributed by atoms with van der Waals surface area (Å²) in [5.74, 6) is -1.37. The predicted octanol–water partition coefficient (Wildman–Crippen LogP) is 0.492. The zero-order valence-electron chi connectivity index (χ0n) is 18.0. The first-order chi connectivity index (χ1) is 14.7. The van der Waals surface area contributed by atoms with Crippen LogP contribution in [0.4, 0.5) is 11.4 Å². The van der Waals surface area contributed by atoms with E-state index in [1.165, 1.54) is 6.92 Å². The number of para-hydroxylation sites is 2. The molecule has 31 heavy (non-hydrogen) atoms. The quantitative estimate of drug-likeness (QED) is 0.530. The molecule has 10 nitrogen and oxygen atoms in total. The molecule has 0 bridgehead atoms. The predicted molar refractivity (Wildman–Crippen MR) is 116 cm³/mol. The van der Waals surface area contributed by atoms with Crippen LogP contribution in [0.2, 0.25) is 0 Å². The molecule has 0 spiro atoms. The molecule has 2 heterocycles. The van der Waals surface area contributed by atoms with Crippen LogP contribution in [-0.2, 0) is 19.2 Å². The normalized spacial score (nSPS) is 19.3. The molecule has 1 aromatic carbocycles. The fourth-order valence-electron chi connectivity index (χ4n) is 4.06. The average Bonchev–Trinajstić information content (AvgIpc) is 3.02. The van der Waals surface area contributed by atoms with Crippen LogP contribution in [0.3, 0.4) is 0 Å². The van der Waals surface area contributed by atoms with Crippen molar-refractivity contribution < 1.29 is 24.3 Å². The molecule has 0 saturated carbocycles. The van der Waals surface area contributed by atoms with E-state index in [1.54, 1.807) is 9.80 Å². The highest BCUT2D eigenvalue weighted by molar-refractivity contribution is 6.02. The number of fused-ring (bicyclic) bond motifs is 3. The number of nitrogens with zero attached hydrogens (tertiary/aromatic N) is 3. The fourth-order valence-corrected chi connectivity index (χ4v) is 4.06. The second-order valence-electron chi connectivity index (χ2n) is 7.59. The number of hydrogen-bond donors (Lipinski definition) is 3. The Bertz CT molecular complexity index is 826. The average molecular weight is 434 g/mol. The van der Waals surface area contributed by atoms with Crippen LogP contribution in [0.15, 0.2) is 24.3 Å². The third-order valence-corrected chi connectivity index (χ3v) is 5.25. The molecule has 3 rings (SSSR count). The molecule has 1 aromatic rings. The van der Waals surface area contributed by atoms with E-state index in [0.29, 0.717) is 19.5 Å². The van der Waals surface area contributed by atoms with E-state index in [-0.39, 0.29) is 37.0 Å². The number of carboxylic acid groups (broad SMARTS) is 1. The van der Waals surface area contributed by atoms with Crippen molar-refractivity contribution in [2.24, 2.45) is 11.5 Å². The number of aliphatic carboxylic acids is 1. The first kappa shape index (κ1) is 24.1. The molecule has 1 saturated heterocycles. The van der Waals surface area contributed by atoms with E-state index in [9.17, 15) is 14.4 Å². The standard InChI is InChI=1S/C19H27N5O3.C2H4O2/c1-13(25)23-14-6-2-3-7-15(14)24-16(8-4-5-10-20)19(27)22(12-18(23)24)11-9-17(21)26;1-2(3)4/h2-3,6-7,16,18H,4-5,8-12,20H2,1H3,(H2,21,26);1H3,(H,3,4)/t16-,18+;/m0./s1. The molecule has 10 heteroatoms. The number of piperazine rings is 1. The molecule has 2 atom stereocenters. The van der Waals surface area contributed by atoms with Gasteiger partial charge in [0, 0.05) is 26.8 Å². The van der Waals surface area contributed by atoms with Gasteiger partial charge in [-0.15, -0.1) is 0 Å². The Morgan fingerprint density at radius 3 is 2.29 bits per heavy atom. The van der Waals surface area contributed by atoms with Gasteiger partial charge in [-0.2, -0.15) is 0 Å². The Balaban J connectivity index is 0.000000785. The Labute approximate surface area is 181 Å². The topological polar surface area (TPSA) is 150 Å². The number of benzene rings is 1. The molecule has 1 fully saturated rings. The number of hydrogen-bond acceptors (Lipinski definition) is 6. The monoisotopic (exact) mass is 433 g/mol. The summed E-state index contributed by atoms with van der Waals surface area (Å²) in [5, 5.41) is 7.42. The lowest BCUT2D eigenvalue weighted by atomic mass is 10.0. The van der Waals surface area contributed by atoms with Crippen LogP contribution >= 0.6 is 0 Å². The lowest BCUT2D eigenvalue weighted by Crippen LogP contribution is -2.65. The summed E-state index contributed by atoms with van der Waals surface area (Å²) >= 11 is 0.